The van der Waals surface area contributed by atoms with Gasteiger partial charge in [-0.05, 0) is 60.5 Å². The first kappa shape index (κ1) is 27.8. The van der Waals surface area contributed by atoms with E-state index in [0.717, 1.165) is 11.1 Å². The van der Waals surface area contributed by atoms with Crippen LogP contribution in [0.4, 0.5) is 0 Å². The number of carbonyl (C=O) groups excluding carboxylic acids is 2. The highest BCUT2D eigenvalue weighted by molar-refractivity contribution is 6.35. The van der Waals surface area contributed by atoms with Crippen LogP contribution < -0.4 is 25.0 Å². The fraction of sp³-hybridized carbons (Fsp3) is 0.222. The third-order valence-electron chi connectivity index (χ3n) is 5.27. The van der Waals surface area contributed by atoms with E-state index < -0.39 is 11.9 Å². The van der Waals surface area contributed by atoms with Gasteiger partial charge in [0.1, 0.15) is 18.4 Å². The van der Waals surface area contributed by atoms with Crippen molar-refractivity contribution in [1.82, 2.24) is 10.7 Å². The monoisotopic (exact) mass is 543 g/mol. The van der Waals surface area contributed by atoms with Crippen molar-refractivity contribution in [1.29, 1.82) is 0 Å². The minimum atomic E-state index is -0.770. The maximum Gasteiger partial charge on any atom is 0.262 e. The van der Waals surface area contributed by atoms with E-state index in [0.29, 0.717) is 32.9 Å². The molecule has 194 valence electrons. The highest BCUT2D eigenvalue weighted by Gasteiger charge is 2.15. The molecule has 3 rings (SSSR count). The molecule has 0 aromatic heterocycles. The van der Waals surface area contributed by atoms with Gasteiger partial charge in [0.15, 0.2) is 11.5 Å². The van der Waals surface area contributed by atoms with Gasteiger partial charge in [-0.15, -0.1) is 0 Å². The van der Waals surface area contributed by atoms with Gasteiger partial charge in [0.05, 0.1) is 26.9 Å². The Balaban J connectivity index is 1.51. The smallest absolute Gasteiger partial charge is 0.262 e. The summed E-state index contributed by atoms with van der Waals surface area (Å²) in [6.07, 6.45) is 1.61. The minimum absolute atomic E-state index is 0.142. The Morgan fingerprint density at radius 2 is 1.73 bits per heavy atom. The molecular formula is C27H27Cl2N3O5. The summed E-state index contributed by atoms with van der Waals surface area (Å²) in [6, 6.07) is 16.8. The van der Waals surface area contributed by atoms with Gasteiger partial charge in [-0.3, -0.25) is 9.59 Å². The molecule has 2 N–H and O–H groups in total. The lowest BCUT2D eigenvalue weighted by Gasteiger charge is -2.13. The van der Waals surface area contributed by atoms with Crippen LogP contribution in [0.3, 0.4) is 0 Å². The molecule has 3 aromatic rings. The van der Waals surface area contributed by atoms with Crippen LogP contribution in [0.2, 0.25) is 10.0 Å². The zero-order valence-corrected chi connectivity index (χ0v) is 22.1. The summed E-state index contributed by atoms with van der Waals surface area (Å²) in [4.78, 5) is 24.6. The van der Waals surface area contributed by atoms with E-state index >= 15 is 0 Å². The average molecular weight is 544 g/mol. The summed E-state index contributed by atoms with van der Waals surface area (Å²) < 4.78 is 16.4. The highest BCUT2D eigenvalue weighted by Crippen LogP contribution is 2.29. The first-order valence-electron chi connectivity index (χ1n) is 11.3. The van der Waals surface area contributed by atoms with Gasteiger partial charge in [0.2, 0.25) is 5.91 Å². The quantitative estimate of drug-likeness (QED) is 0.267. The topological polar surface area (TPSA) is 98.2 Å². The fourth-order valence-corrected chi connectivity index (χ4v) is 3.70. The molecule has 8 nitrogen and oxygen atoms in total. The number of nitrogens with one attached hydrogen (secondary N) is 2. The van der Waals surface area contributed by atoms with Crippen LogP contribution in [0, 0.1) is 0 Å². The summed E-state index contributed by atoms with van der Waals surface area (Å²) in [5, 5.41) is 7.69. The Morgan fingerprint density at radius 1 is 0.973 bits per heavy atom. The van der Waals surface area contributed by atoms with Crippen LogP contribution in [0.25, 0.3) is 0 Å². The number of rotatable bonds is 11. The lowest BCUT2D eigenvalue weighted by Crippen LogP contribution is -2.43. The van der Waals surface area contributed by atoms with E-state index in [1.54, 1.807) is 74.7 Å². The second-order valence-corrected chi connectivity index (χ2v) is 8.83. The Bertz CT molecular complexity index is 1270. The molecular weight excluding hydrogens is 517 g/mol. The number of methoxy groups -OCH3 is 2. The van der Waals surface area contributed by atoms with Gasteiger partial charge in [0, 0.05) is 15.6 Å². The van der Waals surface area contributed by atoms with Crippen LogP contribution in [0.15, 0.2) is 65.8 Å². The second kappa shape index (κ2) is 13.5. The summed E-state index contributed by atoms with van der Waals surface area (Å²) in [5.41, 5.74) is 4.69. The zero-order valence-electron chi connectivity index (χ0n) is 20.6. The normalized spacial score (nSPS) is 11.6. The van der Waals surface area contributed by atoms with Crippen molar-refractivity contribution in [2.24, 2.45) is 5.10 Å². The van der Waals surface area contributed by atoms with Crippen LogP contribution in [-0.4, -0.2) is 38.3 Å². The number of ether oxygens (including phenoxy) is 3. The first-order valence-corrected chi connectivity index (χ1v) is 12.0. The lowest BCUT2D eigenvalue weighted by atomic mass is 10.1. The second-order valence-electron chi connectivity index (χ2n) is 7.98. The first-order chi connectivity index (χ1) is 17.8. The van der Waals surface area contributed by atoms with E-state index in [4.69, 9.17) is 37.4 Å². The maximum atomic E-state index is 12.3. The molecule has 37 heavy (non-hydrogen) atoms. The van der Waals surface area contributed by atoms with Gasteiger partial charge in [-0.25, -0.2) is 5.43 Å². The maximum absolute atomic E-state index is 12.3. The molecule has 0 radical (unpaired) electrons. The summed E-state index contributed by atoms with van der Waals surface area (Å²) >= 11 is 12.1. The van der Waals surface area contributed by atoms with Crippen molar-refractivity contribution >= 4 is 41.2 Å². The van der Waals surface area contributed by atoms with Gasteiger partial charge in [-0.2, -0.15) is 5.10 Å². The number of nitrogens with zero attached hydrogens (tertiary/aromatic N) is 1. The van der Waals surface area contributed by atoms with Gasteiger partial charge < -0.3 is 19.5 Å². The van der Waals surface area contributed by atoms with Crippen molar-refractivity contribution in [2.45, 2.75) is 26.0 Å². The number of halogens is 2. The van der Waals surface area contributed by atoms with Crippen molar-refractivity contribution in [3.05, 3.63) is 87.4 Å². The predicted molar refractivity (Wildman–Crippen MR) is 144 cm³/mol. The van der Waals surface area contributed by atoms with E-state index in [2.05, 4.69) is 15.8 Å². The Labute approximate surface area is 225 Å². The molecule has 0 bridgehead atoms. The third-order valence-corrected chi connectivity index (χ3v) is 5.86. The molecule has 0 fully saturated rings. The van der Waals surface area contributed by atoms with Crippen LogP contribution in [0.5, 0.6) is 17.2 Å². The molecule has 0 saturated carbocycles. The summed E-state index contributed by atoms with van der Waals surface area (Å²) in [6.45, 7) is 1.82. The zero-order chi connectivity index (χ0) is 26.8. The molecule has 3 aromatic carbocycles. The number of hydrogen-bond acceptors (Lipinski definition) is 6. The standard InChI is InChI=1S/C27H27Cl2N3O5/c1-17(31-26(33)13-18-4-9-22(35-2)10-5-18)27(34)32-30-15-19-6-11-24(25(12-19)36-3)37-16-20-7-8-21(28)14-23(20)29/h4-12,14-15,17H,13,16H2,1-3H3,(H,31,33)(H,32,34). The van der Waals surface area contributed by atoms with Crippen molar-refractivity contribution in [3.8, 4) is 17.2 Å². The van der Waals surface area contributed by atoms with E-state index in [1.165, 1.54) is 13.3 Å². The number of amides is 2. The van der Waals surface area contributed by atoms with Crippen LogP contribution >= 0.6 is 23.2 Å². The van der Waals surface area contributed by atoms with Crippen molar-refractivity contribution < 1.29 is 23.8 Å². The molecule has 10 heteroatoms. The third kappa shape index (κ3) is 8.41. The fourth-order valence-electron chi connectivity index (χ4n) is 3.23. The number of carbonyl (C=O) groups is 2. The minimum Gasteiger partial charge on any atom is -0.497 e. The van der Waals surface area contributed by atoms with Crippen molar-refractivity contribution in [2.75, 3.05) is 14.2 Å². The summed E-state index contributed by atoms with van der Waals surface area (Å²) in [5.74, 6) is 0.975. The molecule has 2 amide bonds. The molecule has 1 unspecified atom stereocenters. The van der Waals surface area contributed by atoms with Crippen LogP contribution in [0.1, 0.15) is 23.6 Å². The predicted octanol–water partition coefficient (Wildman–Crippen LogP) is 4.79. The lowest BCUT2D eigenvalue weighted by molar-refractivity contribution is -0.128. The van der Waals surface area contributed by atoms with Gasteiger partial charge >= 0.3 is 0 Å². The Hall–Kier alpha value is -3.75. The number of hydrazone groups is 1. The molecule has 0 aliphatic carbocycles. The number of benzene rings is 3. The molecule has 0 heterocycles. The van der Waals surface area contributed by atoms with E-state index in [9.17, 15) is 9.59 Å². The molecule has 1 atom stereocenters. The molecule has 0 saturated heterocycles. The van der Waals surface area contributed by atoms with Gasteiger partial charge in [-0.1, -0.05) is 41.4 Å². The molecule has 0 spiro atoms. The summed E-state index contributed by atoms with van der Waals surface area (Å²) in [7, 11) is 3.10. The average Bonchev–Trinajstić information content (AvgIpc) is 2.88. The molecule has 0 aliphatic heterocycles. The van der Waals surface area contributed by atoms with Gasteiger partial charge in [0.25, 0.3) is 5.91 Å². The largest absolute Gasteiger partial charge is 0.497 e. The Kier molecular flexibility index (Phi) is 10.2. The van der Waals surface area contributed by atoms with Crippen LogP contribution in [-0.2, 0) is 22.6 Å². The Morgan fingerprint density at radius 3 is 2.41 bits per heavy atom. The number of hydrogen-bond donors (Lipinski definition) is 2. The molecule has 0 aliphatic rings. The van der Waals surface area contributed by atoms with E-state index in [-0.39, 0.29) is 18.9 Å². The van der Waals surface area contributed by atoms with E-state index in [1.807, 2.05) is 0 Å². The van der Waals surface area contributed by atoms with Crippen molar-refractivity contribution in [3.63, 3.8) is 0 Å². The highest BCUT2D eigenvalue weighted by atomic mass is 35.5. The SMILES string of the molecule is COc1ccc(CC(=O)NC(C)C(=O)NN=Cc2ccc(OCc3ccc(Cl)cc3Cl)c(OC)c2)cc1.